The van der Waals surface area contributed by atoms with E-state index in [1.807, 2.05) is 46.4 Å². The van der Waals surface area contributed by atoms with Crippen LogP contribution in [0.1, 0.15) is 5.56 Å². The number of phenols is 1. The van der Waals surface area contributed by atoms with Crippen molar-refractivity contribution in [2.45, 2.75) is 0 Å². The van der Waals surface area contributed by atoms with Crippen LogP contribution < -0.4 is 9.80 Å². The maximum absolute atomic E-state index is 10.6. The van der Waals surface area contributed by atoms with Crippen molar-refractivity contribution in [3.05, 3.63) is 73.2 Å². The predicted octanol–water partition coefficient (Wildman–Crippen LogP) is 5.04. The molecule has 26 heavy (non-hydrogen) atoms. The van der Waals surface area contributed by atoms with Crippen LogP contribution in [0.15, 0.2) is 60.7 Å². The Balaban J connectivity index is 2.15. The maximum atomic E-state index is 10.6. The van der Waals surface area contributed by atoms with Crippen LogP contribution in [0.25, 0.3) is 22.3 Å². The highest BCUT2D eigenvalue weighted by Crippen LogP contribution is 2.41. The minimum atomic E-state index is 0.265. The number of hydrogen-bond acceptors (Lipinski definition) is 3. The van der Waals surface area contributed by atoms with Crippen molar-refractivity contribution in [1.29, 1.82) is 0 Å². The molecule has 0 aromatic heterocycles. The summed E-state index contributed by atoms with van der Waals surface area (Å²) in [5, 5.41) is 10.6. The summed E-state index contributed by atoms with van der Waals surface area (Å²) in [6.07, 6.45) is 0. The molecule has 3 aromatic carbocycles. The lowest BCUT2D eigenvalue weighted by Crippen LogP contribution is -2.08. The summed E-state index contributed by atoms with van der Waals surface area (Å²) in [7, 11) is 8.07. The molecule has 3 nitrogen and oxygen atoms in total. The van der Waals surface area contributed by atoms with Crippen molar-refractivity contribution in [2.24, 2.45) is 0 Å². The van der Waals surface area contributed by atoms with E-state index in [0.29, 0.717) is 0 Å². The topological polar surface area (TPSA) is 26.7 Å². The van der Waals surface area contributed by atoms with E-state index in [4.69, 9.17) is 0 Å². The first-order valence-electron chi connectivity index (χ1n) is 8.62. The number of phenolic OH excluding ortho intramolecular Hbond substituents is 1. The van der Waals surface area contributed by atoms with Crippen molar-refractivity contribution in [3.8, 4) is 28.0 Å². The number of aromatic hydroxyl groups is 1. The maximum Gasteiger partial charge on any atom is 0.124 e. The number of anilines is 2. The molecule has 0 amide bonds. The third kappa shape index (κ3) is 3.38. The van der Waals surface area contributed by atoms with Gasteiger partial charge in [0.25, 0.3) is 0 Å². The summed E-state index contributed by atoms with van der Waals surface area (Å²) in [6.45, 7) is 4.20. The molecule has 0 fully saturated rings. The van der Waals surface area contributed by atoms with E-state index in [9.17, 15) is 5.11 Å². The second-order valence-electron chi connectivity index (χ2n) is 6.88. The lowest BCUT2D eigenvalue weighted by atomic mass is 9.90. The molecule has 0 aliphatic carbocycles. The van der Waals surface area contributed by atoms with E-state index in [-0.39, 0.29) is 5.75 Å². The molecule has 0 aliphatic heterocycles. The van der Waals surface area contributed by atoms with Gasteiger partial charge in [-0.25, -0.2) is 0 Å². The summed E-state index contributed by atoms with van der Waals surface area (Å²) in [6, 6.07) is 20.1. The zero-order chi connectivity index (χ0) is 18.8. The Morgan fingerprint density at radius 2 is 1.04 bits per heavy atom. The van der Waals surface area contributed by atoms with Crippen molar-refractivity contribution < 1.29 is 5.11 Å². The second kappa shape index (κ2) is 7.12. The van der Waals surface area contributed by atoms with Crippen molar-refractivity contribution in [3.63, 3.8) is 0 Å². The van der Waals surface area contributed by atoms with Crippen molar-refractivity contribution in [1.82, 2.24) is 0 Å². The van der Waals surface area contributed by atoms with Gasteiger partial charge in [0, 0.05) is 45.1 Å². The fourth-order valence-corrected chi connectivity index (χ4v) is 3.11. The Morgan fingerprint density at radius 1 is 0.615 bits per heavy atom. The highest BCUT2D eigenvalue weighted by atomic mass is 16.3. The first-order valence-corrected chi connectivity index (χ1v) is 8.62. The third-order valence-electron chi connectivity index (χ3n) is 4.61. The number of benzene rings is 3. The average Bonchev–Trinajstić information content (AvgIpc) is 2.63. The van der Waals surface area contributed by atoms with Gasteiger partial charge >= 0.3 is 0 Å². The van der Waals surface area contributed by atoms with Crippen LogP contribution in [-0.4, -0.2) is 33.3 Å². The zero-order valence-electron chi connectivity index (χ0n) is 15.8. The molecule has 3 aromatic rings. The summed E-state index contributed by atoms with van der Waals surface area (Å²) >= 11 is 0. The molecule has 3 heteroatoms. The molecule has 0 saturated heterocycles. The zero-order valence-corrected chi connectivity index (χ0v) is 15.8. The molecule has 0 unspecified atom stereocenters. The molecule has 0 spiro atoms. The van der Waals surface area contributed by atoms with E-state index in [1.165, 1.54) is 0 Å². The molecule has 0 aliphatic rings. The fourth-order valence-electron chi connectivity index (χ4n) is 3.11. The van der Waals surface area contributed by atoms with Crippen LogP contribution in [0.2, 0.25) is 0 Å². The van der Waals surface area contributed by atoms with Crippen LogP contribution in [0, 0.1) is 6.92 Å². The molecule has 0 bridgehead atoms. The van der Waals surface area contributed by atoms with Gasteiger partial charge in [0.2, 0.25) is 0 Å². The molecule has 0 heterocycles. The normalized spacial score (nSPS) is 10.7. The summed E-state index contributed by atoms with van der Waals surface area (Å²) in [5.41, 5.74) is 6.96. The highest BCUT2D eigenvalue weighted by molar-refractivity contribution is 5.90. The van der Waals surface area contributed by atoms with Gasteiger partial charge in [-0.05, 0) is 59.5 Å². The molecule has 1 radical (unpaired) electrons. The molecular formula is C23H25N2O. The minimum absolute atomic E-state index is 0.265. The lowest BCUT2D eigenvalue weighted by molar-refractivity contribution is 0.477. The van der Waals surface area contributed by atoms with Gasteiger partial charge in [-0.1, -0.05) is 30.3 Å². The van der Waals surface area contributed by atoms with Gasteiger partial charge in [0.05, 0.1) is 0 Å². The summed E-state index contributed by atoms with van der Waals surface area (Å²) in [4.78, 5) is 4.13. The molecule has 133 valence electrons. The quantitative estimate of drug-likeness (QED) is 0.717. The third-order valence-corrected chi connectivity index (χ3v) is 4.61. The average molecular weight is 345 g/mol. The van der Waals surface area contributed by atoms with E-state index < -0.39 is 0 Å². The van der Waals surface area contributed by atoms with Crippen LogP contribution in [0.3, 0.4) is 0 Å². The van der Waals surface area contributed by atoms with Gasteiger partial charge in [-0.2, -0.15) is 0 Å². The summed E-state index contributed by atoms with van der Waals surface area (Å²) in [5.74, 6) is 0.265. The van der Waals surface area contributed by atoms with Crippen LogP contribution in [0.5, 0.6) is 5.75 Å². The van der Waals surface area contributed by atoms with E-state index in [0.717, 1.165) is 39.2 Å². The van der Waals surface area contributed by atoms with Crippen LogP contribution in [-0.2, 0) is 0 Å². The van der Waals surface area contributed by atoms with E-state index >= 15 is 0 Å². The lowest BCUT2D eigenvalue weighted by Gasteiger charge is -2.18. The largest absolute Gasteiger partial charge is 0.507 e. The van der Waals surface area contributed by atoms with Gasteiger partial charge in [-0.15, -0.1) is 0 Å². The fraction of sp³-hybridized carbons (Fsp3) is 0.174. The number of nitrogens with zero attached hydrogens (tertiary/aromatic N) is 2. The Hall–Kier alpha value is -2.94. The predicted molar refractivity (Wildman–Crippen MR) is 112 cm³/mol. The Morgan fingerprint density at radius 3 is 1.46 bits per heavy atom. The molecule has 0 saturated carbocycles. The van der Waals surface area contributed by atoms with Gasteiger partial charge in [0.1, 0.15) is 5.75 Å². The van der Waals surface area contributed by atoms with E-state index in [2.05, 4.69) is 53.1 Å². The standard InChI is InChI=1S/C23H25N2O/c1-16-6-15-21(26)23(18-9-13-20(14-10-18)25(4)5)22(16)17-7-11-19(12-8-17)24(2)3/h6-15,26H,1H2,2-5H3. The van der Waals surface area contributed by atoms with Gasteiger partial charge in [-0.3, -0.25) is 0 Å². The number of rotatable bonds is 4. The number of hydrogen-bond donors (Lipinski definition) is 1. The van der Waals surface area contributed by atoms with Crippen molar-refractivity contribution >= 4 is 11.4 Å². The smallest absolute Gasteiger partial charge is 0.124 e. The Bertz CT molecular complexity index is 818. The monoisotopic (exact) mass is 345 g/mol. The van der Waals surface area contributed by atoms with Gasteiger partial charge in [0.15, 0.2) is 0 Å². The highest BCUT2D eigenvalue weighted by Gasteiger charge is 2.15. The van der Waals surface area contributed by atoms with Crippen LogP contribution in [0.4, 0.5) is 11.4 Å². The molecule has 3 rings (SSSR count). The SMILES string of the molecule is [CH2]c1ccc(O)c(-c2ccc(N(C)C)cc2)c1-c1ccc(N(C)C)cc1. The van der Waals surface area contributed by atoms with Gasteiger partial charge < -0.3 is 14.9 Å². The Labute approximate surface area is 156 Å². The Kier molecular flexibility index (Phi) is 4.90. The van der Waals surface area contributed by atoms with E-state index in [1.54, 1.807) is 6.07 Å². The van der Waals surface area contributed by atoms with Crippen LogP contribution >= 0.6 is 0 Å². The minimum Gasteiger partial charge on any atom is -0.507 e. The second-order valence-corrected chi connectivity index (χ2v) is 6.88. The molecular weight excluding hydrogens is 320 g/mol. The first kappa shape index (κ1) is 17.9. The first-order chi connectivity index (χ1) is 12.4. The van der Waals surface area contributed by atoms with Crippen molar-refractivity contribution in [2.75, 3.05) is 38.0 Å². The summed E-state index contributed by atoms with van der Waals surface area (Å²) < 4.78 is 0. The molecule has 0 atom stereocenters. The molecule has 1 N–H and O–H groups in total.